The van der Waals surface area contributed by atoms with Crippen LogP contribution in [-0.2, 0) is 10.1 Å². The molecule has 176 valence electrons. The van der Waals surface area contributed by atoms with Crippen LogP contribution in [0.25, 0.3) is 0 Å². The van der Waals surface area contributed by atoms with Gasteiger partial charge in [-0.25, -0.2) is 0 Å². The molecule has 0 aromatic rings. The summed E-state index contributed by atoms with van der Waals surface area (Å²) < 4.78 is 30.8. The molecule has 2 N–H and O–H groups in total. The maximum absolute atomic E-state index is 10.9. The molecule has 4 nitrogen and oxygen atoms in total. The molecule has 0 bridgehead atoms. The van der Waals surface area contributed by atoms with E-state index in [1.165, 1.54) is 103 Å². The van der Waals surface area contributed by atoms with E-state index in [1.807, 2.05) is 6.92 Å². The van der Waals surface area contributed by atoms with E-state index >= 15 is 0 Å². The van der Waals surface area contributed by atoms with E-state index in [0.717, 1.165) is 19.3 Å². The zero-order valence-corrected chi connectivity index (χ0v) is 20.2. The van der Waals surface area contributed by atoms with Gasteiger partial charge in [-0.2, -0.15) is 8.42 Å². The second kappa shape index (κ2) is 19.8. The third-order valence-electron chi connectivity index (χ3n) is 5.99. The Hall–Kier alpha value is -0.130. The van der Waals surface area contributed by atoms with Crippen LogP contribution < -0.4 is 0 Å². The van der Waals surface area contributed by atoms with E-state index in [0.29, 0.717) is 6.42 Å². The Morgan fingerprint density at radius 1 is 0.517 bits per heavy atom. The number of aliphatic hydroxyl groups is 1. The van der Waals surface area contributed by atoms with Gasteiger partial charge in [-0.1, -0.05) is 116 Å². The van der Waals surface area contributed by atoms with Gasteiger partial charge in [0, 0.05) is 0 Å². The number of rotatable bonds is 22. The lowest BCUT2D eigenvalue weighted by molar-refractivity contribution is 0.180. The Morgan fingerprint density at radius 2 is 0.759 bits per heavy atom. The van der Waals surface area contributed by atoms with Crippen molar-refractivity contribution in [1.29, 1.82) is 0 Å². The van der Waals surface area contributed by atoms with Crippen molar-refractivity contribution < 1.29 is 18.1 Å². The van der Waals surface area contributed by atoms with Crippen LogP contribution in [0.3, 0.4) is 0 Å². The largest absolute Gasteiger partial charge is 0.393 e. The summed E-state index contributed by atoms with van der Waals surface area (Å²) in [5.74, 6) is 0. The fraction of sp³-hybridized carbons (Fsp3) is 1.00. The van der Waals surface area contributed by atoms with Gasteiger partial charge in [0.2, 0.25) is 0 Å². The van der Waals surface area contributed by atoms with Crippen molar-refractivity contribution in [2.75, 3.05) is 0 Å². The molecule has 5 heteroatoms. The van der Waals surface area contributed by atoms with E-state index < -0.39 is 15.4 Å². The molecule has 0 amide bonds. The summed E-state index contributed by atoms with van der Waals surface area (Å²) in [7, 11) is -3.84. The number of unbranched alkanes of at least 4 members (excludes halogenated alkanes) is 17. The van der Waals surface area contributed by atoms with E-state index in [1.54, 1.807) is 6.92 Å². The van der Waals surface area contributed by atoms with Gasteiger partial charge < -0.3 is 5.11 Å². The van der Waals surface area contributed by atoms with Crippen molar-refractivity contribution in [3.63, 3.8) is 0 Å². The number of hydrogen-bond acceptors (Lipinski definition) is 3. The first-order valence-electron chi connectivity index (χ1n) is 12.5. The predicted molar refractivity (Wildman–Crippen MR) is 125 cm³/mol. The van der Waals surface area contributed by atoms with Crippen LogP contribution in [0, 0.1) is 0 Å². The molecule has 0 aromatic heterocycles. The molecule has 0 heterocycles. The van der Waals surface area contributed by atoms with Crippen molar-refractivity contribution >= 4 is 10.1 Å². The Balaban J connectivity index is 3.12. The highest BCUT2D eigenvalue weighted by atomic mass is 32.2. The van der Waals surface area contributed by atoms with Gasteiger partial charge in [0.15, 0.2) is 0 Å². The minimum Gasteiger partial charge on any atom is -0.393 e. The Morgan fingerprint density at radius 3 is 1.00 bits per heavy atom. The van der Waals surface area contributed by atoms with Crippen LogP contribution in [0.4, 0.5) is 0 Å². The molecular weight excluding hydrogens is 384 g/mol. The van der Waals surface area contributed by atoms with Gasteiger partial charge in [-0.3, -0.25) is 4.55 Å². The van der Waals surface area contributed by atoms with Crippen LogP contribution in [0.15, 0.2) is 0 Å². The van der Waals surface area contributed by atoms with Crippen molar-refractivity contribution in [2.45, 2.75) is 154 Å². The normalized spacial score (nSPS) is 14.2. The topological polar surface area (TPSA) is 74.6 Å². The minimum absolute atomic E-state index is 0.128. The number of hydrogen-bond donors (Lipinski definition) is 2. The molecule has 2 unspecified atom stereocenters. The molecule has 0 aliphatic rings. The first-order chi connectivity index (χ1) is 13.8. The molecule has 29 heavy (non-hydrogen) atoms. The van der Waals surface area contributed by atoms with Crippen molar-refractivity contribution in [2.24, 2.45) is 0 Å². The zero-order valence-electron chi connectivity index (χ0n) is 19.4. The van der Waals surface area contributed by atoms with Crippen LogP contribution in [0.1, 0.15) is 142 Å². The van der Waals surface area contributed by atoms with Gasteiger partial charge in [-0.05, 0) is 26.7 Å². The predicted octanol–water partition coefficient (Wildman–Crippen LogP) is 7.45. The van der Waals surface area contributed by atoms with Gasteiger partial charge in [0.25, 0.3) is 10.1 Å². The van der Waals surface area contributed by atoms with Gasteiger partial charge in [0.05, 0.1) is 11.4 Å². The molecule has 0 saturated carbocycles. The molecule has 0 aliphatic heterocycles. The second-order valence-electron chi connectivity index (χ2n) is 9.12. The van der Waals surface area contributed by atoms with Crippen LogP contribution in [-0.4, -0.2) is 29.4 Å². The lowest BCUT2D eigenvalue weighted by Crippen LogP contribution is -2.16. The average Bonchev–Trinajstić information content (AvgIpc) is 2.65. The fourth-order valence-corrected chi connectivity index (χ4v) is 4.31. The molecule has 0 aromatic carbocycles. The molecule has 0 rings (SSSR count). The number of aliphatic hydroxyl groups excluding tert-OH is 1. The Labute approximate surface area is 182 Å². The van der Waals surface area contributed by atoms with Crippen molar-refractivity contribution in [1.82, 2.24) is 0 Å². The lowest BCUT2D eigenvalue weighted by atomic mass is 10.0. The van der Waals surface area contributed by atoms with E-state index in [-0.39, 0.29) is 6.10 Å². The first-order valence-corrected chi connectivity index (χ1v) is 14.0. The second-order valence-corrected chi connectivity index (χ2v) is 11.0. The summed E-state index contributed by atoms with van der Waals surface area (Å²) in [5.41, 5.74) is 0. The summed E-state index contributed by atoms with van der Waals surface area (Å²) in [6.07, 6.45) is 24.6. The van der Waals surface area contributed by atoms with Crippen LogP contribution in [0.5, 0.6) is 0 Å². The monoisotopic (exact) mass is 434 g/mol. The molecule has 0 aliphatic carbocycles. The first kappa shape index (κ1) is 28.9. The smallest absolute Gasteiger partial charge is 0.267 e. The van der Waals surface area contributed by atoms with Gasteiger partial charge in [-0.15, -0.1) is 0 Å². The molecule has 0 radical (unpaired) electrons. The van der Waals surface area contributed by atoms with E-state index in [4.69, 9.17) is 4.55 Å². The average molecular weight is 435 g/mol. The molecular formula is C24H50O4S. The van der Waals surface area contributed by atoms with Gasteiger partial charge in [0.1, 0.15) is 0 Å². The third-order valence-corrected chi connectivity index (χ3v) is 7.24. The maximum atomic E-state index is 10.9. The van der Waals surface area contributed by atoms with E-state index in [9.17, 15) is 13.5 Å². The Bertz CT molecular complexity index is 434. The molecule has 0 saturated heterocycles. The quantitative estimate of drug-likeness (QED) is 0.137. The molecule has 2 atom stereocenters. The Kier molecular flexibility index (Phi) is 19.7. The fourth-order valence-electron chi connectivity index (χ4n) is 3.85. The van der Waals surface area contributed by atoms with Crippen molar-refractivity contribution in [3.05, 3.63) is 0 Å². The van der Waals surface area contributed by atoms with Crippen molar-refractivity contribution in [3.8, 4) is 0 Å². The highest BCUT2D eigenvalue weighted by Crippen LogP contribution is 2.16. The summed E-state index contributed by atoms with van der Waals surface area (Å²) >= 11 is 0. The minimum atomic E-state index is -3.84. The summed E-state index contributed by atoms with van der Waals surface area (Å²) in [6.45, 7) is 3.46. The highest BCUT2D eigenvalue weighted by molar-refractivity contribution is 7.86. The summed E-state index contributed by atoms with van der Waals surface area (Å²) in [4.78, 5) is 0. The third kappa shape index (κ3) is 22.4. The summed E-state index contributed by atoms with van der Waals surface area (Å²) in [6, 6.07) is 0. The summed E-state index contributed by atoms with van der Waals surface area (Å²) in [5, 5.41) is 8.59. The molecule has 0 fully saturated rings. The SMILES string of the molecule is CC(O)CCCCCCCCCCCCCCCCCCCCC(C)S(=O)(=O)O. The van der Waals surface area contributed by atoms with Gasteiger partial charge >= 0.3 is 0 Å². The standard InChI is InChI=1S/C24H50O4S/c1-23(25)21-19-17-15-13-11-9-7-5-3-4-6-8-10-12-14-16-18-20-22-24(2)29(26,27)28/h23-25H,3-22H2,1-2H3,(H,26,27,28). The zero-order chi connectivity index (χ0) is 21.8. The van der Waals surface area contributed by atoms with Crippen LogP contribution >= 0.6 is 0 Å². The highest BCUT2D eigenvalue weighted by Gasteiger charge is 2.15. The lowest BCUT2D eigenvalue weighted by Gasteiger charge is -2.07. The molecule has 0 spiro atoms. The van der Waals surface area contributed by atoms with Crippen LogP contribution in [0.2, 0.25) is 0 Å². The van der Waals surface area contributed by atoms with E-state index in [2.05, 4.69) is 0 Å². The maximum Gasteiger partial charge on any atom is 0.267 e.